The van der Waals surface area contributed by atoms with Crippen LogP contribution in [-0.4, -0.2) is 44.0 Å². The molecule has 21 heavy (non-hydrogen) atoms. The number of aliphatic carboxylic acids is 1. The summed E-state index contributed by atoms with van der Waals surface area (Å²) < 4.78 is 0. The quantitative estimate of drug-likeness (QED) is 0.676. The Morgan fingerprint density at radius 3 is 2.71 bits per heavy atom. The summed E-state index contributed by atoms with van der Waals surface area (Å²) >= 11 is 1.37. The molecule has 2 atom stereocenters. The first-order valence-corrected chi connectivity index (χ1v) is 7.30. The first-order valence-electron chi connectivity index (χ1n) is 6.25. The highest BCUT2D eigenvalue weighted by atomic mass is 32.2. The van der Waals surface area contributed by atoms with E-state index in [2.05, 4.69) is 0 Å². The number of aryl methyl sites for hydroxylation is 1. The lowest BCUT2D eigenvalue weighted by Crippen LogP contribution is -2.45. The number of nitro groups is 1. The van der Waals surface area contributed by atoms with Crippen LogP contribution >= 0.6 is 11.8 Å². The number of hydrogen-bond acceptors (Lipinski definition) is 5. The molecule has 0 aliphatic carbocycles. The molecule has 2 rings (SSSR count). The maximum Gasteiger partial charge on any atom is 0.327 e. The third-order valence-electron chi connectivity index (χ3n) is 3.40. The number of benzene rings is 1. The highest BCUT2D eigenvalue weighted by Gasteiger charge is 2.40. The van der Waals surface area contributed by atoms with Crippen LogP contribution in [0.1, 0.15) is 22.8 Å². The highest BCUT2D eigenvalue weighted by Crippen LogP contribution is 2.31. The minimum absolute atomic E-state index is 0.171. The Kier molecular flexibility index (Phi) is 4.17. The Bertz CT molecular complexity index is 619. The van der Waals surface area contributed by atoms with Crippen LogP contribution in [0.2, 0.25) is 0 Å². The molecule has 7 nitrogen and oxygen atoms in total. The molecule has 1 fully saturated rings. The fourth-order valence-electron chi connectivity index (χ4n) is 2.23. The van der Waals surface area contributed by atoms with Crippen LogP contribution in [-0.2, 0) is 4.79 Å². The minimum Gasteiger partial charge on any atom is -0.480 e. The van der Waals surface area contributed by atoms with Crippen molar-refractivity contribution in [2.24, 2.45) is 0 Å². The molecular formula is C13H14N2O5S. The van der Waals surface area contributed by atoms with E-state index in [-0.39, 0.29) is 16.6 Å². The van der Waals surface area contributed by atoms with Gasteiger partial charge in [-0.2, -0.15) is 0 Å². The topological polar surface area (TPSA) is 101 Å². The van der Waals surface area contributed by atoms with E-state index < -0.39 is 22.8 Å². The molecule has 2 unspecified atom stereocenters. The first kappa shape index (κ1) is 15.3. The van der Waals surface area contributed by atoms with Gasteiger partial charge >= 0.3 is 5.97 Å². The zero-order chi connectivity index (χ0) is 15.7. The Morgan fingerprint density at radius 1 is 1.48 bits per heavy atom. The number of nitro benzene ring substituents is 1. The summed E-state index contributed by atoms with van der Waals surface area (Å²) in [4.78, 5) is 35.4. The van der Waals surface area contributed by atoms with Crippen LogP contribution in [0.25, 0.3) is 0 Å². The molecule has 1 aliphatic heterocycles. The van der Waals surface area contributed by atoms with Crippen molar-refractivity contribution in [3.63, 3.8) is 0 Å². The second kappa shape index (κ2) is 5.72. The summed E-state index contributed by atoms with van der Waals surface area (Å²) in [6.07, 6.45) is 0. The molecule has 0 bridgehead atoms. The predicted octanol–water partition coefficient (Wildman–Crippen LogP) is 1.89. The number of amides is 1. The molecule has 1 aromatic carbocycles. The number of thioether (sulfide) groups is 1. The molecule has 0 aromatic heterocycles. The van der Waals surface area contributed by atoms with Crippen LogP contribution in [0, 0.1) is 17.0 Å². The molecule has 1 saturated heterocycles. The number of non-ortho nitro benzene ring substituents is 1. The largest absolute Gasteiger partial charge is 0.480 e. The number of carbonyl (C=O) groups excluding carboxylic acids is 1. The number of hydrogen-bond donors (Lipinski definition) is 1. The van der Waals surface area contributed by atoms with E-state index in [0.717, 1.165) is 0 Å². The maximum atomic E-state index is 12.6. The number of carboxylic acids is 1. The van der Waals surface area contributed by atoms with Gasteiger partial charge in [0.05, 0.1) is 10.3 Å². The molecule has 1 amide bonds. The SMILES string of the molecule is Cc1ccc([N+](=O)[O-])cc1C(=O)N1C(C)SCC1C(=O)O. The van der Waals surface area contributed by atoms with Gasteiger partial charge in [-0.15, -0.1) is 11.8 Å². The molecule has 0 spiro atoms. The van der Waals surface area contributed by atoms with Gasteiger partial charge in [-0.3, -0.25) is 14.9 Å². The van der Waals surface area contributed by atoms with Gasteiger partial charge in [0, 0.05) is 23.4 Å². The Labute approximate surface area is 125 Å². The number of carbonyl (C=O) groups is 2. The van der Waals surface area contributed by atoms with Crippen LogP contribution in [0.15, 0.2) is 18.2 Å². The monoisotopic (exact) mass is 310 g/mol. The predicted molar refractivity (Wildman–Crippen MR) is 77.3 cm³/mol. The van der Waals surface area contributed by atoms with Crippen molar-refractivity contribution >= 4 is 29.3 Å². The lowest BCUT2D eigenvalue weighted by Gasteiger charge is -2.25. The highest BCUT2D eigenvalue weighted by molar-refractivity contribution is 8.00. The lowest BCUT2D eigenvalue weighted by atomic mass is 10.1. The van der Waals surface area contributed by atoms with Gasteiger partial charge in [0.1, 0.15) is 6.04 Å². The summed E-state index contributed by atoms with van der Waals surface area (Å²) in [5, 5.41) is 19.7. The summed E-state index contributed by atoms with van der Waals surface area (Å²) in [6, 6.07) is 3.11. The van der Waals surface area contributed by atoms with E-state index >= 15 is 0 Å². The van der Waals surface area contributed by atoms with Crippen molar-refractivity contribution in [1.29, 1.82) is 0 Å². The van der Waals surface area contributed by atoms with Crippen molar-refractivity contribution in [3.05, 3.63) is 39.4 Å². The zero-order valence-electron chi connectivity index (χ0n) is 11.5. The van der Waals surface area contributed by atoms with Crippen molar-refractivity contribution in [2.45, 2.75) is 25.3 Å². The number of nitrogens with zero attached hydrogens (tertiary/aromatic N) is 2. The van der Waals surface area contributed by atoms with Crippen LogP contribution in [0.4, 0.5) is 5.69 Å². The first-order chi connectivity index (χ1) is 9.82. The van der Waals surface area contributed by atoms with E-state index in [0.29, 0.717) is 11.3 Å². The van der Waals surface area contributed by atoms with Crippen molar-refractivity contribution in [3.8, 4) is 0 Å². The Morgan fingerprint density at radius 2 is 2.14 bits per heavy atom. The zero-order valence-corrected chi connectivity index (χ0v) is 12.3. The second-order valence-corrected chi connectivity index (χ2v) is 6.10. The minimum atomic E-state index is -1.07. The van der Waals surface area contributed by atoms with E-state index in [4.69, 9.17) is 0 Å². The summed E-state index contributed by atoms with van der Waals surface area (Å²) in [7, 11) is 0. The smallest absolute Gasteiger partial charge is 0.327 e. The second-order valence-electron chi connectivity index (χ2n) is 4.76. The van der Waals surface area contributed by atoms with Crippen molar-refractivity contribution < 1.29 is 19.6 Å². The Hall–Kier alpha value is -2.09. The average molecular weight is 310 g/mol. The van der Waals surface area contributed by atoms with Gasteiger partial charge in [-0.25, -0.2) is 4.79 Å². The summed E-state index contributed by atoms with van der Waals surface area (Å²) in [6.45, 7) is 3.42. The molecule has 112 valence electrons. The fraction of sp³-hybridized carbons (Fsp3) is 0.385. The van der Waals surface area contributed by atoms with Gasteiger partial charge in [-0.1, -0.05) is 6.07 Å². The number of carboxylic acid groups (broad SMARTS) is 1. The van der Waals surface area contributed by atoms with Crippen LogP contribution < -0.4 is 0 Å². The summed E-state index contributed by atoms with van der Waals surface area (Å²) in [5.74, 6) is -1.24. The molecule has 0 radical (unpaired) electrons. The normalized spacial score (nSPS) is 21.3. The third-order valence-corrected chi connectivity index (χ3v) is 4.62. The van der Waals surface area contributed by atoms with Crippen LogP contribution in [0.5, 0.6) is 0 Å². The van der Waals surface area contributed by atoms with E-state index in [9.17, 15) is 24.8 Å². The maximum absolute atomic E-state index is 12.6. The van der Waals surface area contributed by atoms with Crippen molar-refractivity contribution in [2.75, 3.05) is 5.75 Å². The average Bonchev–Trinajstić information content (AvgIpc) is 2.80. The van der Waals surface area contributed by atoms with E-state index in [1.807, 2.05) is 0 Å². The summed E-state index contributed by atoms with van der Waals surface area (Å²) in [5.41, 5.74) is 0.568. The van der Waals surface area contributed by atoms with Crippen LogP contribution in [0.3, 0.4) is 0 Å². The molecule has 1 N–H and O–H groups in total. The molecular weight excluding hydrogens is 296 g/mol. The Balaban J connectivity index is 2.41. The third kappa shape index (κ3) is 2.85. The molecule has 1 heterocycles. The molecule has 1 aliphatic rings. The van der Waals surface area contributed by atoms with Gasteiger partial charge in [0.2, 0.25) is 0 Å². The van der Waals surface area contributed by atoms with Gasteiger partial charge in [-0.05, 0) is 19.4 Å². The van der Waals surface area contributed by atoms with E-state index in [1.54, 1.807) is 13.8 Å². The standard InChI is InChI=1S/C13H14N2O5S/c1-7-3-4-9(15(19)20)5-10(7)12(16)14-8(2)21-6-11(14)13(17)18/h3-5,8,11H,6H2,1-2H3,(H,17,18). The molecule has 0 saturated carbocycles. The fourth-order valence-corrected chi connectivity index (χ4v) is 3.40. The van der Waals surface area contributed by atoms with Gasteiger partial charge in [0.15, 0.2) is 0 Å². The van der Waals surface area contributed by atoms with Gasteiger partial charge in [0.25, 0.3) is 11.6 Å². The molecule has 8 heteroatoms. The van der Waals surface area contributed by atoms with Crippen molar-refractivity contribution in [1.82, 2.24) is 4.90 Å². The van der Waals surface area contributed by atoms with Gasteiger partial charge < -0.3 is 10.0 Å². The number of rotatable bonds is 3. The molecule has 1 aromatic rings. The lowest BCUT2D eigenvalue weighted by molar-refractivity contribution is -0.384. The van der Waals surface area contributed by atoms with E-state index in [1.165, 1.54) is 34.9 Å².